The summed E-state index contributed by atoms with van der Waals surface area (Å²) in [6.07, 6.45) is 4.12. The van der Waals surface area contributed by atoms with Gasteiger partial charge in [0.15, 0.2) is 12.4 Å². The third-order valence-electron chi connectivity index (χ3n) is 2.95. The van der Waals surface area contributed by atoms with Gasteiger partial charge in [0.1, 0.15) is 12.0 Å². The van der Waals surface area contributed by atoms with E-state index in [9.17, 15) is 14.4 Å². The molecule has 1 aromatic rings. The second kappa shape index (κ2) is 9.69. The highest BCUT2D eigenvalue weighted by molar-refractivity contribution is 5.94. The van der Waals surface area contributed by atoms with Crippen LogP contribution in [0, 0.1) is 0 Å². The topological polar surface area (TPSA) is 72.5 Å². The van der Waals surface area contributed by atoms with Crippen molar-refractivity contribution in [2.24, 2.45) is 0 Å². The summed E-state index contributed by atoms with van der Waals surface area (Å²) in [6.45, 7) is 2.04. The Morgan fingerprint density at radius 2 is 1.86 bits per heavy atom. The quantitative estimate of drug-likeness (QED) is 0.407. The molecule has 0 bridgehead atoms. The van der Waals surface area contributed by atoms with Crippen molar-refractivity contribution in [3.8, 4) is 5.75 Å². The van der Waals surface area contributed by atoms with Crippen molar-refractivity contribution in [2.75, 3.05) is 13.2 Å². The van der Waals surface area contributed by atoms with Crippen LogP contribution in [0.25, 0.3) is 0 Å². The molecule has 0 heterocycles. The van der Waals surface area contributed by atoms with Crippen LogP contribution in [-0.2, 0) is 9.59 Å². The minimum atomic E-state index is -0.180. The van der Waals surface area contributed by atoms with E-state index in [1.54, 1.807) is 24.3 Å². The van der Waals surface area contributed by atoms with E-state index in [4.69, 9.17) is 4.74 Å². The van der Waals surface area contributed by atoms with E-state index in [0.717, 1.165) is 25.5 Å². The van der Waals surface area contributed by atoms with Gasteiger partial charge >= 0.3 is 0 Å². The zero-order valence-electron chi connectivity index (χ0n) is 12.3. The molecule has 0 aliphatic rings. The van der Waals surface area contributed by atoms with Gasteiger partial charge < -0.3 is 14.8 Å². The second-order valence-corrected chi connectivity index (χ2v) is 4.74. The molecule has 0 spiro atoms. The van der Waals surface area contributed by atoms with Crippen molar-refractivity contribution in [2.45, 2.75) is 32.6 Å². The van der Waals surface area contributed by atoms with Gasteiger partial charge in [-0.3, -0.25) is 9.59 Å². The van der Waals surface area contributed by atoms with Crippen molar-refractivity contribution < 1.29 is 19.1 Å². The summed E-state index contributed by atoms with van der Waals surface area (Å²) >= 11 is 0. The first-order valence-corrected chi connectivity index (χ1v) is 7.07. The van der Waals surface area contributed by atoms with Crippen LogP contribution in [0.2, 0.25) is 0 Å². The smallest absolute Gasteiger partial charge is 0.257 e. The summed E-state index contributed by atoms with van der Waals surface area (Å²) in [5.41, 5.74) is 0.613. The second-order valence-electron chi connectivity index (χ2n) is 4.74. The van der Waals surface area contributed by atoms with E-state index in [0.29, 0.717) is 24.3 Å². The molecule has 114 valence electrons. The molecule has 21 heavy (non-hydrogen) atoms. The lowest BCUT2D eigenvalue weighted by atomic mass is 10.1. The van der Waals surface area contributed by atoms with Gasteiger partial charge in [0, 0.05) is 18.5 Å². The fraction of sp³-hybridized carbons (Fsp3) is 0.438. The van der Waals surface area contributed by atoms with Crippen LogP contribution in [0.15, 0.2) is 24.3 Å². The van der Waals surface area contributed by atoms with E-state index in [1.165, 1.54) is 6.92 Å². The third kappa shape index (κ3) is 7.25. The normalized spacial score (nSPS) is 9.95. The molecule has 5 heteroatoms. The average molecular weight is 291 g/mol. The number of amides is 1. The number of carbonyl (C=O) groups is 3. The first-order chi connectivity index (χ1) is 10.1. The number of Topliss-reactive ketones (excluding diaryl/α,β-unsaturated/α-hetero) is 1. The Hall–Kier alpha value is -2.17. The van der Waals surface area contributed by atoms with Crippen LogP contribution in [0.1, 0.15) is 43.0 Å². The van der Waals surface area contributed by atoms with Gasteiger partial charge in [0.25, 0.3) is 5.91 Å². The highest BCUT2D eigenvalue weighted by Crippen LogP contribution is 2.12. The lowest BCUT2D eigenvalue weighted by Crippen LogP contribution is -2.29. The lowest BCUT2D eigenvalue weighted by Gasteiger charge is -2.07. The van der Waals surface area contributed by atoms with Gasteiger partial charge in [-0.2, -0.15) is 0 Å². The predicted molar refractivity (Wildman–Crippen MR) is 79.5 cm³/mol. The lowest BCUT2D eigenvalue weighted by molar-refractivity contribution is -0.123. The predicted octanol–water partition coefficient (Wildman–Crippen LogP) is 2.14. The van der Waals surface area contributed by atoms with Crippen molar-refractivity contribution in [1.82, 2.24) is 5.32 Å². The summed E-state index contributed by atoms with van der Waals surface area (Å²) in [4.78, 5) is 32.8. The highest BCUT2D eigenvalue weighted by atomic mass is 16.5. The van der Waals surface area contributed by atoms with Crippen LogP contribution in [-0.4, -0.2) is 31.1 Å². The molecule has 0 unspecified atom stereocenters. The fourth-order valence-electron chi connectivity index (χ4n) is 1.74. The van der Waals surface area contributed by atoms with Gasteiger partial charge in [-0.05, 0) is 44.0 Å². The molecule has 0 saturated carbocycles. The van der Waals surface area contributed by atoms with E-state index < -0.39 is 0 Å². The first-order valence-electron chi connectivity index (χ1n) is 7.07. The monoisotopic (exact) mass is 291 g/mol. The Balaban J connectivity index is 2.17. The number of aldehydes is 1. The van der Waals surface area contributed by atoms with E-state index in [-0.39, 0.29) is 18.3 Å². The van der Waals surface area contributed by atoms with Crippen LogP contribution < -0.4 is 10.1 Å². The maximum atomic E-state index is 11.5. The Morgan fingerprint density at radius 1 is 1.14 bits per heavy atom. The molecular weight excluding hydrogens is 270 g/mol. The molecule has 1 rings (SSSR count). The number of unbranched alkanes of at least 4 members (excludes halogenated alkanes) is 3. The van der Waals surface area contributed by atoms with Crippen molar-refractivity contribution in [1.29, 1.82) is 0 Å². The largest absolute Gasteiger partial charge is 0.484 e. The number of carbonyl (C=O) groups excluding carboxylic acids is 3. The Kier molecular flexibility index (Phi) is 7.79. The summed E-state index contributed by atoms with van der Waals surface area (Å²) in [7, 11) is 0. The van der Waals surface area contributed by atoms with Crippen molar-refractivity contribution in [3.63, 3.8) is 0 Å². The molecular formula is C16H21NO4. The van der Waals surface area contributed by atoms with Crippen LogP contribution in [0.4, 0.5) is 0 Å². The van der Waals surface area contributed by atoms with Crippen LogP contribution in [0.5, 0.6) is 5.75 Å². The highest BCUT2D eigenvalue weighted by Gasteiger charge is 2.03. The van der Waals surface area contributed by atoms with Crippen LogP contribution >= 0.6 is 0 Å². The Morgan fingerprint density at radius 3 is 2.48 bits per heavy atom. The molecule has 1 aromatic carbocycles. The number of nitrogens with one attached hydrogen (secondary N) is 1. The first kappa shape index (κ1) is 16.9. The minimum Gasteiger partial charge on any atom is -0.484 e. The zero-order valence-corrected chi connectivity index (χ0v) is 12.3. The van der Waals surface area contributed by atoms with E-state index in [2.05, 4.69) is 5.32 Å². The molecule has 0 fully saturated rings. The molecule has 0 aliphatic heterocycles. The number of benzene rings is 1. The van der Waals surface area contributed by atoms with Gasteiger partial charge in [-0.15, -0.1) is 0 Å². The number of ether oxygens (including phenoxy) is 1. The van der Waals surface area contributed by atoms with Crippen LogP contribution in [0.3, 0.4) is 0 Å². The fourth-order valence-corrected chi connectivity index (χ4v) is 1.74. The maximum Gasteiger partial charge on any atom is 0.257 e. The Labute approximate surface area is 124 Å². The average Bonchev–Trinajstić information content (AvgIpc) is 2.49. The number of rotatable bonds is 10. The molecule has 0 aliphatic carbocycles. The number of hydrogen-bond acceptors (Lipinski definition) is 4. The Bertz CT molecular complexity index is 468. The molecule has 5 nitrogen and oxygen atoms in total. The van der Waals surface area contributed by atoms with Crippen molar-refractivity contribution >= 4 is 18.0 Å². The number of hydrogen-bond donors (Lipinski definition) is 1. The minimum absolute atomic E-state index is 0.00567. The standard InChI is InChI=1S/C16H21NO4/c1-13(19)14-6-8-15(9-7-14)21-12-16(20)17-10-4-2-3-5-11-18/h6-9,11H,2-5,10,12H2,1H3,(H,17,20). The molecule has 0 aromatic heterocycles. The summed E-state index contributed by atoms with van der Waals surface area (Å²) < 4.78 is 5.33. The SMILES string of the molecule is CC(=O)c1ccc(OCC(=O)NCCCCCC=O)cc1. The molecule has 0 atom stereocenters. The zero-order chi connectivity index (χ0) is 15.5. The summed E-state index contributed by atoms with van der Waals surface area (Å²) in [6, 6.07) is 6.68. The van der Waals surface area contributed by atoms with Gasteiger partial charge in [-0.1, -0.05) is 6.42 Å². The summed E-state index contributed by atoms with van der Waals surface area (Å²) in [5, 5.41) is 2.75. The molecule has 1 N–H and O–H groups in total. The van der Waals surface area contributed by atoms with Gasteiger partial charge in [-0.25, -0.2) is 0 Å². The van der Waals surface area contributed by atoms with Gasteiger partial charge in [0.2, 0.25) is 0 Å². The van der Waals surface area contributed by atoms with Crippen molar-refractivity contribution in [3.05, 3.63) is 29.8 Å². The molecule has 1 amide bonds. The van der Waals surface area contributed by atoms with E-state index >= 15 is 0 Å². The van der Waals surface area contributed by atoms with E-state index in [1.807, 2.05) is 0 Å². The molecule has 0 radical (unpaired) electrons. The summed E-state index contributed by atoms with van der Waals surface area (Å²) in [5.74, 6) is 0.371. The maximum absolute atomic E-state index is 11.5. The molecule has 0 saturated heterocycles. The third-order valence-corrected chi connectivity index (χ3v) is 2.95. The number of ketones is 1. The van der Waals surface area contributed by atoms with Gasteiger partial charge in [0.05, 0.1) is 0 Å².